The van der Waals surface area contributed by atoms with Crippen LogP contribution in [-0.2, 0) is 24.8 Å². The molecule has 144 valence electrons. The van der Waals surface area contributed by atoms with Crippen LogP contribution in [0.5, 0.6) is 0 Å². The number of carbonyl (C=O) groups excluding carboxylic acids is 2. The van der Waals surface area contributed by atoms with Crippen molar-refractivity contribution in [2.24, 2.45) is 0 Å². The van der Waals surface area contributed by atoms with Crippen molar-refractivity contribution < 1.29 is 22.7 Å². The molecule has 0 fully saturated rings. The molecule has 0 aliphatic heterocycles. The van der Waals surface area contributed by atoms with E-state index in [1.165, 1.54) is 24.3 Å². The van der Waals surface area contributed by atoms with Gasteiger partial charge in [0.05, 0.1) is 10.5 Å². The summed E-state index contributed by atoms with van der Waals surface area (Å²) in [6, 6.07) is 12.8. The molecule has 27 heavy (non-hydrogen) atoms. The summed E-state index contributed by atoms with van der Waals surface area (Å²) >= 11 is 0. The third-order valence-electron chi connectivity index (χ3n) is 3.86. The lowest BCUT2D eigenvalue weighted by Crippen LogP contribution is -2.23. The first-order valence-electron chi connectivity index (χ1n) is 8.35. The Labute approximate surface area is 159 Å². The summed E-state index contributed by atoms with van der Waals surface area (Å²) in [5, 5.41) is 2.76. The van der Waals surface area contributed by atoms with Crippen LogP contribution in [-0.4, -0.2) is 33.2 Å². The Bertz CT molecular complexity index is 941. The lowest BCUT2D eigenvalue weighted by atomic mass is 9.86. The Kier molecular flexibility index (Phi) is 6.05. The number of ether oxygens (including phenoxy) is 1. The van der Waals surface area contributed by atoms with E-state index in [4.69, 9.17) is 4.74 Å². The molecule has 1 amide bonds. The summed E-state index contributed by atoms with van der Waals surface area (Å²) in [5.41, 5.74) is 1.66. The molecule has 2 aromatic carbocycles. The molecule has 0 heterocycles. The zero-order valence-corrected chi connectivity index (χ0v) is 16.6. The van der Waals surface area contributed by atoms with Gasteiger partial charge in [0.2, 0.25) is 0 Å². The van der Waals surface area contributed by atoms with Crippen LogP contribution >= 0.6 is 0 Å². The second-order valence-corrected chi connectivity index (χ2v) is 9.23. The molecule has 0 unspecified atom stereocenters. The van der Waals surface area contributed by atoms with Gasteiger partial charge in [-0.05, 0) is 41.3 Å². The molecule has 0 atom stereocenters. The normalized spacial score (nSPS) is 11.7. The Morgan fingerprint density at radius 1 is 1.00 bits per heavy atom. The monoisotopic (exact) mass is 389 g/mol. The van der Waals surface area contributed by atoms with E-state index >= 15 is 0 Å². The quantitative estimate of drug-likeness (QED) is 0.793. The molecule has 0 aliphatic rings. The second-order valence-electron chi connectivity index (χ2n) is 7.22. The molecule has 0 spiro atoms. The zero-order chi connectivity index (χ0) is 20.2. The highest BCUT2D eigenvalue weighted by Crippen LogP contribution is 2.29. The van der Waals surface area contributed by atoms with Gasteiger partial charge in [0, 0.05) is 11.9 Å². The minimum atomic E-state index is -3.34. The Balaban J connectivity index is 1.99. The largest absolute Gasteiger partial charge is 0.452 e. The number of benzene rings is 2. The summed E-state index contributed by atoms with van der Waals surface area (Å²) in [6.45, 7) is 5.68. The van der Waals surface area contributed by atoms with Crippen molar-refractivity contribution in [3.63, 3.8) is 0 Å². The highest BCUT2D eigenvalue weighted by Gasteiger charge is 2.19. The Hall–Kier alpha value is -2.67. The van der Waals surface area contributed by atoms with Gasteiger partial charge in [0.1, 0.15) is 0 Å². The molecular formula is C20H23NO5S. The highest BCUT2D eigenvalue weighted by atomic mass is 32.2. The van der Waals surface area contributed by atoms with E-state index < -0.39 is 28.3 Å². The third kappa shape index (κ3) is 5.65. The van der Waals surface area contributed by atoms with Gasteiger partial charge in [-0.1, -0.05) is 39.0 Å². The number of esters is 1. The molecule has 0 saturated heterocycles. The van der Waals surface area contributed by atoms with E-state index in [0.29, 0.717) is 5.69 Å². The molecule has 6 nitrogen and oxygen atoms in total. The lowest BCUT2D eigenvalue weighted by molar-refractivity contribution is -0.119. The first-order valence-corrected chi connectivity index (χ1v) is 10.2. The van der Waals surface area contributed by atoms with Gasteiger partial charge >= 0.3 is 5.97 Å². The van der Waals surface area contributed by atoms with Gasteiger partial charge in [0.15, 0.2) is 16.4 Å². The number of rotatable bonds is 5. The van der Waals surface area contributed by atoms with Crippen molar-refractivity contribution in [3.05, 3.63) is 59.7 Å². The van der Waals surface area contributed by atoms with Crippen LogP contribution in [0.4, 0.5) is 5.69 Å². The van der Waals surface area contributed by atoms with Crippen molar-refractivity contribution in [2.45, 2.75) is 31.1 Å². The predicted octanol–water partition coefficient (Wildman–Crippen LogP) is 3.18. The molecule has 7 heteroatoms. The summed E-state index contributed by atoms with van der Waals surface area (Å²) in [6.07, 6.45) is 1.08. The van der Waals surface area contributed by atoms with Crippen molar-refractivity contribution in [1.29, 1.82) is 0 Å². The minimum Gasteiger partial charge on any atom is -0.452 e. The number of hydrogen-bond acceptors (Lipinski definition) is 5. The molecule has 0 aliphatic carbocycles. The van der Waals surface area contributed by atoms with Crippen LogP contribution in [0, 0.1) is 0 Å². The average molecular weight is 389 g/mol. The molecule has 0 radical (unpaired) electrons. The number of anilines is 1. The third-order valence-corrected chi connectivity index (χ3v) is 4.99. The number of amides is 1. The first-order chi connectivity index (χ1) is 12.5. The summed E-state index contributed by atoms with van der Waals surface area (Å²) in [7, 11) is -3.34. The Morgan fingerprint density at radius 3 is 2.15 bits per heavy atom. The minimum absolute atomic E-state index is 0.107. The van der Waals surface area contributed by atoms with E-state index in [1.54, 1.807) is 6.07 Å². The van der Waals surface area contributed by atoms with Gasteiger partial charge in [-0.2, -0.15) is 0 Å². The molecule has 2 rings (SSSR count). The average Bonchev–Trinajstić information content (AvgIpc) is 2.58. The summed E-state index contributed by atoms with van der Waals surface area (Å²) in [5.74, 6) is -1.15. The van der Waals surface area contributed by atoms with Gasteiger partial charge in [-0.15, -0.1) is 0 Å². The number of nitrogens with one attached hydrogen (secondary N) is 1. The van der Waals surface area contributed by atoms with Gasteiger partial charge in [-0.25, -0.2) is 13.2 Å². The fraction of sp³-hybridized carbons (Fsp3) is 0.300. The summed E-state index contributed by atoms with van der Waals surface area (Å²) in [4.78, 5) is 24.3. The van der Waals surface area contributed by atoms with Crippen LogP contribution in [0.15, 0.2) is 53.4 Å². The topological polar surface area (TPSA) is 89.5 Å². The maximum Gasteiger partial charge on any atom is 0.338 e. The van der Waals surface area contributed by atoms with E-state index in [1.807, 2.05) is 39.0 Å². The molecule has 0 bridgehead atoms. The smallest absolute Gasteiger partial charge is 0.338 e. The van der Waals surface area contributed by atoms with Crippen molar-refractivity contribution in [2.75, 3.05) is 18.2 Å². The van der Waals surface area contributed by atoms with Crippen molar-refractivity contribution >= 4 is 27.4 Å². The molecule has 0 aromatic heterocycles. The van der Waals surface area contributed by atoms with E-state index in [9.17, 15) is 18.0 Å². The van der Waals surface area contributed by atoms with E-state index in [0.717, 1.165) is 11.8 Å². The molecule has 1 N–H and O–H groups in total. The standard InChI is InChI=1S/C20H23NO5S/c1-20(2,3)16-7-5-6-8-17(16)21-18(22)13-26-19(23)14-9-11-15(12-10-14)27(4,24)25/h5-12H,13H2,1-4H3,(H,21,22). The maximum atomic E-state index is 12.1. The van der Waals surface area contributed by atoms with E-state index in [-0.39, 0.29) is 15.9 Å². The zero-order valence-electron chi connectivity index (χ0n) is 15.8. The van der Waals surface area contributed by atoms with Crippen LogP contribution in [0.2, 0.25) is 0 Å². The predicted molar refractivity (Wildman–Crippen MR) is 104 cm³/mol. The first kappa shape index (κ1) is 20.6. The van der Waals surface area contributed by atoms with Crippen molar-refractivity contribution in [1.82, 2.24) is 0 Å². The maximum absolute atomic E-state index is 12.1. The number of carbonyl (C=O) groups is 2. The lowest BCUT2D eigenvalue weighted by Gasteiger charge is -2.22. The molecular weight excluding hydrogens is 366 g/mol. The fourth-order valence-corrected chi connectivity index (χ4v) is 3.12. The van der Waals surface area contributed by atoms with Crippen LogP contribution in [0.3, 0.4) is 0 Å². The van der Waals surface area contributed by atoms with Gasteiger partial charge in [-0.3, -0.25) is 4.79 Å². The molecule has 2 aromatic rings. The van der Waals surface area contributed by atoms with Crippen LogP contribution in [0.25, 0.3) is 0 Å². The fourth-order valence-electron chi connectivity index (χ4n) is 2.49. The van der Waals surface area contributed by atoms with Crippen LogP contribution < -0.4 is 5.32 Å². The van der Waals surface area contributed by atoms with Gasteiger partial charge < -0.3 is 10.1 Å². The molecule has 0 saturated carbocycles. The highest BCUT2D eigenvalue weighted by molar-refractivity contribution is 7.90. The SMILES string of the molecule is CC(C)(C)c1ccccc1NC(=O)COC(=O)c1ccc(S(C)(=O)=O)cc1. The van der Waals surface area contributed by atoms with Gasteiger partial charge in [0.25, 0.3) is 5.91 Å². The van der Waals surface area contributed by atoms with Crippen LogP contribution in [0.1, 0.15) is 36.7 Å². The van der Waals surface area contributed by atoms with E-state index in [2.05, 4.69) is 5.32 Å². The number of hydrogen-bond donors (Lipinski definition) is 1. The summed E-state index contributed by atoms with van der Waals surface area (Å²) < 4.78 is 27.9. The number of sulfone groups is 1. The second kappa shape index (κ2) is 7.92. The van der Waals surface area contributed by atoms with Crippen molar-refractivity contribution in [3.8, 4) is 0 Å². The Morgan fingerprint density at radius 2 is 1.59 bits per heavy atom. The number of para-hydroxylation sites is 1.